The van der Waals surface area contributed by atoms with E-state index in [2.05, 4.69) is 21.2 Å². The van der Waals surface area contributed by atoms with Crippen molar-refractivity contribution in [2.75, 3.05) is 12.4 Å². The van der Waals surface area contributed by atoms with E-state index in [-0.39, 0.29) is 11.4 Å². The number of anilines is 1. The number of rotatable bonds is 5. The average Bonchev–Trinajstić information content (AvgIpc) is 2.46. The Morgan fingerprint density at radius 3 is 2.67 bits per heavy atom. The molecule has 0 saturated carbocycles. The molecule has 0 bridgehead atoms. The van der Waals surface area contributed by atoms with E-state index in [1.54, 1.807) is 18.2 Å². The largest absolute Gasteiger partial charge is 0.494 e. The van der Waals surface area contributed by atoms with Crippen molar-refractivity contribution in [2.24, 2.45) is 0 Å². The molecule has 0 radical (unpaired) electrons. The molecule has 0 aliphatic heterocycles. The summed E-state index contributed by atoms with van der Waals surface area (Å²) in [5.74, 6) is -0.241. The minimum atomic E-state index is -0.465. The molecule has 0 fully saturated rings. The van der Waals surface area contributed by atoms with Gasteiger partial charge in [0.15, 0.2) is 11.6 Å². The van der Waals surface area contributed by atoms with Crippen molar-refractivity contribution in [1.82, 2.24) is 0 Å². The second-order valence-corrected chi connectivity index (χ2v) is 5.10. The van der Waals surface area contributed by atoms with Crippen LogP contribution in [0.3, 0.4) is 0 Å². The van der Waals surface area contributed by atoms with Crippen LogP contribution in [0.25, 0.3) is 0 Å². The van der Waals surface area contributed by atoms with Crippen LogP contribution in [0.15, 0.2) is 40.9 Å². The molecule has 2 aromatic carbocycles. The summed E-state index contributed by atoms with van der Waals surface area (Å²) < 4.78 is 19.0. The van der Waals surface area contributed by atoms with E-state index in [0.29, 0.717) is 16.7 Å². The molecule has 2 rings (SSSR count). The summed E-state index contributed by atoms with van der Waals surface area (Å²) in [6.45, 7) is 0.386. The van der Waals surface area contributed by atoms with E-state index in [0.717, 1.165) is 5.56 Å². The van der Waals surface area contributed by atoms with E-state index >= 15 is 0 Å². The zero-order chi connectivity index (χ0) is 15.4. The third-order valence-electron chi connectivity index (χ3n) is 2.86. The molecule has 7 heteroatoms. The summed E-state index contributed by atoms with van der Waals surface area (Å²) in [6, 6.07) is 9.09. The fraction of sp³-hybridized carbons (Fsp3) is 0.143. The highest BCUT2D eigenvalue weighted by atomic mass is 79.9. The number of benzene rings is 2. The summed E-state index contributed by atoms with van der Waals surface area (Å²) in [6.07, 6.45) is 0. The summed E-state index contributed by atoms with van der Waals surface area (Å²) in [5.41, 5.74) is 1.43. The molecule has 5 nitrogen and oxygen atoms in total. The van der Waals surface area contributed by atoms with Crippen LogP contribution in [0.1, 0.15) is 5.56 Å². The molecule has 0 heterocycles. The zero-order valence-electron chi connectivity index (χ0n) is 11.1. The Labute approximate surface area is 129 Å². The highest BCUT2D eigenvalue weighted by molar-refractivity contribution is 9.10. The lowest BCUT2D eigenvalue weighted by Crippen LogP contribution is -2.01. The normalized spacial score (nSPS) is 10.2. The van der Waals surface area contributed by atoms with Gasteiger partial charge in [-0.3, -0.25) is 10.1 Å². The SMILES string of the molecule is COc1ccc(CNc2ccc([N+](=O)[O-])cc2Br)cc1F. The molecule has 0 amide bonds. The standard InChI is InChI=1S/C14H12BrFN2O3/c1-21-14-5-2-9(6-12(14)16)8-17-13-4-3-10(18(19)20)7-11(13)15/h2-7,17H,8H2,1H3. The van der Waals surface area contributed by atoms with E-state index in [4.69, 9.17) is 4.74 Å². The predicted molar refractivity (Wildman–Crippen MR) is 81.1 cm³/mol. The third kappa shape index (κ3) is 3.69. The number of hydrogen-bond acceptors (Lipinski definition) is 4. The van der Waals surface area contributed by atoms with Crippen molar-refractivity contribution >= 4 is 27.3 Å². The van der Waals surface area contributed by atoms with E-state index in [9.17, 15) is 14.5 Å². The van der Waals surface area contributed by atoms with Crippen LogP contribution in [-0.4, -0.2) is 12.0 Å². The lowest BCUT2D eigenvalue weighted by Gasteiger charge is -2.09. The highest BCUT2D eigenvalue weighted by Gasteiger charge is 2.09. The maximum absolute atomic E-state index is 13.6. The van der Waals surface area contributed by atoms with Gasteiger partial charge in [0.05, 0.1) is 12.0 Å². The van der Waals surface area contributed by atoms with Gasteiger partial charge < -0.3 is 10.1 Å². The van der Waals surface area contributed by atoms with Crippen molar-refractivity contribution in [3.05, 3.63) is 62.4 Å². The molecule has 0 aliphatic carbocycles. The van der Waals surface area contributed by atoms with Crippen molar-refractivity contribution in [2.45, 2.75) is 6.54 Å². The smallest absolute Gasteiger partial charge is 0.270 e. The lowest BCUT2D eigenvalue weighted by atomic mass is 10.2. The van der Waals surface area contributed by atoms with Crippen molar-refractivity contribution in [3.63, 3.8) is 0 Å². The highest BCUT2D eigenvalue weighted by Crippen LogP contribution is 2.27. The van der Waals surface area contributed by atoms with Gasteiger partial charge >= 0.3 is 0 Å². The third-order valence-corrected chi connectivity index (χ3v) is 3.52. The van der Waals surface area contributed by atoms with Crippen molar-refractivity contribution in [3.8, 4) is 5.75 Å². The first-order chi connectivity index (χ1) is 10.0. The number of nitrogens with one attached hydrogen (secondary N) is 1. The number of hydrogen-bond donors (Lipinski definition) is 1. The number of nitro benzene ring substituents is 1. The van der Waals surface area contributed by atoms with Gasteiger partial charge in [-0.05, 0) is 39.7 Å². The molecular weight excluding hydrogens is 343 g/mol. The van der Waals surface area contributed by atoms with Gasteiger partial charge in [0.25, 0.3) is 5.69 Å². The number of nitrogens with zero attached hydrogens (tertiary/aromatic N) is 1. The lowest BCUT2D eigenvalue weighted by molar-refractivity contribution is -0.384. The first-order valence-electron chi connectivity index (χ1n) is 6.01. The molecule has 110 valence electrons. The van der Waals surface area contributed by atoms with E-state index in [1.807, 2.05) is 0 Å². The molecule has 0 saturated heterocycles. The Balaban J connectivity index is 2.09. The summed E-state index contributed by atoms with van der Waals surface area (Å²) >= 11 is 3.27. The topological polar surface area (TPSA) is 64.4 Å². The predicted octanol–water partition coefficient (Wildman–Crippen LogP) is 4.12. The van der Waals surface area contributed by atoms with Gasteiger partial charge in [-0.15, -0.1) is 0 Å². The second-order valence-electron chi connectivity index (χ2n) is 4.24. The van der Waals surface area contributed by atoms with Crippen LogP contribution in [0, 0.1) is 15.9 Å². The Morgan fingerprint density at radius 2 is 2.10 bits per heavy atom. The monoisotopic (exact) mass is 354 g/mol. The first kappa shape index (κ1) is 15.2. The molecule has 1 N–H and O–H groups in total. The second kappa shape index (κ2) is 6.53. The molecule has 0 atom stereocenters. The van der Waals surface area contributed by atoms with Crippen molar-refractivity contribution < 1.29 is 14.1 Å². The minimum Gasteiger partial charge on any atom is -0.494 e. The van der Waals surface area contributed by atoms with Crippen LogP contribution < -0.4 is 10.1 Å². The fourth-order valence-electron chi connectivity index (χ4n) is 1.78. The Morgan fingerprint density at radius 1 is 1.33 bits per heavy atom. The molecular formula is C14H12BrFN2O3. The Kier molecular flexibility index (Phi) is 4.74. The molecule has 0 aliphatic rings. The minimum absolute atomic E-state index is 0.00270. The number of ether oxygens (including phenoxy) is 1. The summed E-state index contributed by atoms with van der Waals surface area (Å²) in [7, 11) is 1.41. The molecule has 0 unspecified atom stereocenters. The van der Waals surface area contributed by atoms with Gasteiger partial charge in [-0.2, -0.15) is 0 Å². The van der Waals surface area contributed by atoms with Crippen LogP contribution in [0.2, 0.25) is 0 Å². The first-order valence-corrected chi connectivity index (χ1v) is 6.81. The average molecular weight is 355 g/mol. The Hall–Kier alpha value is -2.15. The molecule has 0 spiro atoms. The number of nitro groups is 1. The van der Waals surface area contributed by atoms with Crippen LogP contribution in [-0.2, 0) is 6.54 Å². The van der Waals surface area contributed by atoms with Crippen LogP contribution >= 0.6 is 15.9 Å². The quantitative estimate of drug-likeness (QED) is 0.647. The maximum Gasteiger partial charge on any atom is 0.270 e. The van der Waals surface area contributed by atoms with E-state index < -0.39 is 10.7 Å². The van der Waals surface area contributed by atoms with Gasteiger partial charge in [-0.1, -0.05) is 6.07 Å². The maximum atomic E-state index is 13.6. The fourth-order valence-corrected chi connectivity index (χ4v) is 2.28. The number of methoxy groups -OCH3 is 1. The van der Waals surface area contributed by atoms with Crippen molar-refractivity contribution in [1.29, 1.82) is 0 Å². The summed E-state index contributed by atoms with van der Waals surface area (Å²) in [4.78, 5) is 10.2. The van der Waals surface area contributed by atoms with Gasteiger partial charge in [0.1, 0.15) is 0 Å². The van der Waals surface area contributed by atoms with Crippen LogP contribution in [0.4, 0.5) is 15.8 Å². The molecule has 21 heavy (non-hydrogen) atoms. The van der Waals surface area contributed by atoms with Gasteiger partial charge in [0.2, 0.25) is 0 Å². The number of halogens is 2. The van der Waals surface area contributed by atoms with E-state index in [1.165, 1.54) is 25.3 Å². The molecule has 0 aromatic heterocycles. The molecule has 2 aromatic rings. The van der Waals surface area contributed by atoms with Crippen LogP contribution in [0.5, 0.6) is 5.75 Å². The van der Waals surface area contributed by atoms with Gasteiger partial charge in [0, 0.05) is 28.8 Å². The Bertz CT molecular complexity index is 679. The van der Waals surface area contributed by atoms with Gasteiger partial charge in [-0.25, -0.2) is 4.39 Å². The number of non-ortho nitro benzene ring substituents is 1. The zero-order valence-corrected chi connectivity index (χ0v) is 12.7. The summed E-state index contributed by atoms with van der Waals surface area (Å²) in [5, 5.41) is 13.7.